The van der Waals surface area contributed by atoms with Gasteiger partial charge in [0.25, 0.3) is 0 Å². The van der Waals surface area contributed by atoms with E-state index >= 15 is 0 Å². The Hall–Kier alpha value is -2.49. The van der Waals surface area contributed by atoms with E-state index in [1.165, 1.54) is 16.8 Å². The third-order valence-corrected chi connectivity index (χ3v) is 3.68. The van der Waals surface area contributed by atoms with Crippen molar-refractivity contribution in [3.8, 4) is 0 Å². The quantitative estimate of drug-likeness (QED) is 0.884. The van der Waals surface area contributed by atoms with Crippen LogP contribution in [0.3, 0.4) is 0 Å². The zero-order chi connectivity index (χ0) is 16.3. The maximum Gasteiger partial charge on any atom is 0.335 e. The van der Waals surface area contributed by atoms with Crippen LogP contribution in [0.5, 0.6) is 0 Å². The lowest BCUT2D eigenvalue weighted by molar-refractivity contribution is 0.0697. The number of aryl methyl sites for hydroxylation is 2. The molecule has 0 radical (unpaired) electrons. The smallest absolute Gasteiger partial charge is 0.335 e. The zero-order valence-electron chi connectivity index (χ0n) is 13.5. The van der Waals surface area contributed by atoms with Gasteiger partial charge in [0.2, 0.25) is 0 Å². The number of nitrogens with one attached hydrogen (secondary N) is 1. The highest BCUT2D eigenvalue weighted by atomic mass is 16.4. The summed E-state index contributed by atoms with van der Waals surface area (Å²) in [5.74, 6) is -0.899. The molecule has 0 atom stereocenters. The van der Waals surface area contributed by atoms with E-state index in [0.29, 0.717) is 12.1 Å². The number of carboxylic acids is 1. The Labute approximate surface area is 131 Å². The lowest BCUT2D eigenvalue weighted by Gasteiger charge is -2.19. The Morgan fingerprint density at radius 3 is 2.32 bits per heavy atom. The highest BCUT2D eigenvalue weighted by Gasteiger charge is 2.07. The summed E-state index contributed by atoms with van der Waals surface area (Å²) in [7, 11) is 4.05. The molecule has 0 saturated heterocycles. The van der Waals surface area contributed by atoms with Gasteiger partial charge in [0.15, 0.2) is 0 Å². The Balaban J connectivity index is 2.18. The fourth-order valence-corrected chi connectivity index (χ4v) is 2.48. The Kier molecular flexibility index (Phi) is 4.71. The summed E-state index contributed by atoms with van der Waals surface area (Å²) >= 11 is 0. The fraction of sp³-hybridized carbons (Fsp3) is 0.278. The minimum atomic E-state index is -0.899. The molecule has 0 saturated carbocycles. The summed E-state index contributed by atoms with van der Waals surface area (Å²) in [6.07, 6.45) is 0. The van der Waals surface area contributed by atoms with Crippen molar-refractivity contribution in [1.29, 1.82) is 0 Å². The predicted octanol–water partition coefficient (Wildman–Crippen LogP) is 3.68. The lowest BCUT2D eigenvalue weighted by Crippen LogP contribution is -2.10. The van der Waals surface area contributed by atoms with Crippen LogP contribution < -0.4 is 10.2 Å². The maximum atomic E-state index is 11.0. The van der Waals surface area contributed by atoms with Gasteiger partial charge < -0.3 is 15.3 Å². The van der Waals surface area contributed by atoms with Crippen LogP contribution in [0.1, 0.15) is 27.0 Å². The first-order valence-corrected chi connectivity index (χ1v) is 7.23. The molecule has 0 bridgehead atoms. The van der Waals surface area contributed by atoms with Crippen molar-refractivity contribution in [3.05, 3.63) is 58.7 Å². The van der Waals surface area contributed by atoms with Gasteiger partial charge in [0.05, 0.1) is 5.56 Å². The Bertz CT molecular complexity index is 670. The molecule has 0 heterocycles. The minimum Gasteiger partial charge on any atom is -0.478 e. The van der Waals surface area contributed by atoms with Crippen molar-refractivity contribution in [3.63, 3.8) is 0 Å². The number of carbonyl (C=O) groups is 1. The van der Waals surface area contributed by atoms with Crippen LogP contribution >= 0.6 is 0 Å². The molecule has 0 spiro atoms. The monoisotopic (exact) mass is 298 g/mol. The van der Waals surface area contributed by atoms with Crippen LogP contribution in [0.2, 0.25) is 0 Å². The fourth-order valence-electron chi connectivity index (χ4n) is 2.48. The SMILES string of the molecule is Cc1cc(N(C)C)cc(C)c1NCc1cccc(C(=O)O)c1. The van der Waals surface area contributed by atoms with E-state index in [1.54, 1.807) is 18.2 Å². The molecule has 0 amide bonds. The summed E-state index contributed by atoms with van der Waals surface area (Å²) in [4.78, 5) is 13.1. The number of hydrogen-bond acceptors (Lipinski definition) is 3. The summed E-state index contributed by atoms with van der Waals surface area (Å²) < 4.78 is 0. The van der Waals surface area contributed by atoms with Crippen LogP contribution in [0, 0.1) is 13.8 Å². The van der Waals surface area contributed by atoms with E-state index < -0.39 is 5.97 Å². The van der Waals surface area contributed by atoms with Crippen molar-refractivity contribution >= 4 is 17.3 Å². The summed E-state index contributed by atoms with van der Waals surface area (Å²) in [5.41, 5.74) is 5.90. The number of aromatic carboxylic acids is 1. The highest BCUT2D eigenvalue weighted by molar-refractivity contribution is 5.87. The van der Waals surface area contributed by atoms with E-state index in [0.717, 1.165) is 11.3 Å². The first kappa shape index (κ1) is 15.9. The van der Waals surface area contributed by atoms with Gasteiger partial charge in [-0.3, -0.25) is 0 Å². The summed E-state index contributed by atoms with van der Waals surface area (Å²) in [6, 6.07) is 11.3. The largest absolute Gasteiger partial charge is 0.478 e. The number of anilines is 2. The first-order chi connectivity index (χ1) is 10.4. The van der Waals surface area contributed by atoms with Crippen LogP contribution in [-0.4, -0.2) is 25.2 Å². The van der Waals surface area contributed by atoms with Gasteiger partial charge in [-0.1, -0.05) is 12.1 Å². The highest BCUT2D eigenvalue weighted by Crippen LogP contribution is 2.26. The second-order valence-corrected chi connectivity index (χ2v) is 5.71. The predicted molar refractivity (Wildman–Crippen MR) is 91.0 cm³/mol. The molecular weight excluding hydrogens is 276 g/mol. The molecule has 22 heavy (non-hydrogen) atoms. The molecule has 2 N–H and O–H groups in total. The number of hydrogen-bond donors (Lipinski definition) is 2. The lowest BCUT2D eigenvalue weighted by atomic mass is 10.1. The third-order valence-electron chi connectivity index (χ3n) is 3.68. The molecule has 0 fully saturated rings. The molecule has 0 aliphatic carbocycles. The van der Waals surface area contributed by atoms with Gasteiger partial charge in [-0.2, -0.15) is 0 Å². The molecule has 0 unspecified atom stereocenters. The van der Waals surface area contributed by atoms with Crippen molar-refractivity contribution in [2.45, 2.75) is 20.4 Å². The molecule has 4 nitrogen and oxygen atoms in total. The second-order valence-electron chi connectivity index (χ2n) is 5.71. The molecule has 4 heteroatoms. The summed E-state index contributed by atoms with van der Waals surface area (Å²) in [5, 5.41) is 12.5. The van der Waals surface area contributed by atoms with Gasteiger partial charge in [0, 0.05) is 32.0 Å². The van der Waals surface area contributed by atoms with Crippen molar-refractivity contribution in [2.24, 2.45) is 0 Å². The van der Waals surface area contributed by atoms with Gasteiger partial charge >= 0.3 is 5.97 Å². The number of rotatable bonds is 5. The van der Waals surface area contributed by atoms with Crippen molar-refractivity contribution in [2.75, 3.05) is 24.3 Å². The first-order valence-electron chi connectivity index (χ1n) is 7.23. The molecule has 0 aromatic heterocycles. The van der Waals surface area contributed by atoms with Gasteiger partial charge in [-0.05, 0) is 54.8 Å². The van der Waals surface area contributed by atoms with Crippen molar-refractivity contribution in [1.82, 2.24) is 0 Å². The zero-order valence-corrected chi connectivity index (χ0v) is 13.5. The van der Waals surface area contributed by atoms with Crippen LogP contribution in [0.4, 0.5) is 11.4 Å². The third kappa shape index (κ3) is 3.58. The number of carboxylic acid groups (broad SMARTS) is 1. The van der Waals surface area contributed by atoms with E-state index in [2.05, 4.69) is 36.2 Å². The average Bonchev–Trinajstić information content (AvgIpc) is 2.46. The van der Waals surface area contributed by atoms with E-state index in [9.17, 15) is 4.79 Å². The van der Waals surface area contributed by atoms with Gasteiger partial charge in [0.1, 0.15) is 0 Å². The molecule has 0 aliphatic heterocycles. The summed E-state index contributed by atoms with van der Waals surface area (Å²) in [6.45, 7) is 4.76. The molecule has 0 aliphatic rings. The normalized spacial score (nSPS) is 10.4. The maximum absolute atomic E-state index is 11.0. The topological polar surface area (TPSA) is 52.6 Å². The molecule has 2 aromatic carbocycles. The second kappa shape index (κ2) is 6.52. The number of nitrogens with zero attached hydrogens (tertiary/aromatic N) is 1. The minimum absolute atomic E-state index is 0.315. The van der Waals surface area contributed by atoms with Gasteiger partial charge in [-0.25, -0.2) is 4.79 Å². The van der Waals surface area contributed by atoms with E-state index in [4.69, 9.17) is 5.11 Å². The van der Waals surface area contributed by atoms with Crippen LogP contribution in [0.15, 0.2) is 36.4 Å². The van der Waals surface area contributed by atoms with Crippen LogP contribution in [-0.2, 0) is 6.54 Å². The number of benzene rings is 2. The van der Waals surface area contributed by atoms with Gasteiger partial charge in [-0.15, -0.1) is 0 Å². The molecule has 2 rings (SSSR count). The Morgan fingerprint density at radius 2 is 1.77 bits per heavy atom. The standard InChI is InChI=1S/C18H22N2O2/c1-12-8-16(20(3)4)9-13(2)17(12)19-11-14-6-5-7-15(10-14)18(21)22/h5-10,19H,11H2,1-4H3,(H,21,22). The van der Waals surface area contributed by atoms with E-state index in [1.807, 2.05) is 20.2 Å². The average molecular weight is 298 g/mol. The van der Waals surface area contributed by atoms with Crippen LogP contribution in [0.25, 0.3) is 0 Å². The molecule has 116 valence electrons. The Morgan fingerprint density at radius 1 is 1.14 bits per heavy atom. The molecule has 2 aromatic rings. The van der Waals surface area contributed by atoms with E-state index in [-0.39, 0.29) is 0 Å². The van der Waals surface area contributed by atoms with Crippen molar-refractivity contribution < 1.29 is 9.90 Å². The molecular formula is C18H22N2O2.